The maximum Gasteiger partial charge on any atom is 0.224 e. The molecule has 0 bridgehead atoms. The van der Waals surface area contributed by atoms with Gasteiger partial charge in [0.25, 0.3) is 0 Å². The van der Waals surface area contributed by atoms with Gasteiger partial charge in [-0.15, -0.1) is 0 Å². The second kappa shape index (κ2) is 6.22. The van der Waals surface area contributed by atoms with Gasteiger partial charge in [-0.05, 0) is 94.3 Å². The van der Waals surface area contributed by atoms with Crippen LogP contribution >= 0.6 is 0 Å². The van der Waals surface area contributed by atoms with Crippen molar-refractivity contribution in [2.24, 2.45) is 34.5 Å². The molecule has 0 aromatic heterocycles. The van der Waals surface area contributed by atoms with E-state index in [-0.39, 0.29) is 34.1 Å². The molecule has 4 heteroatoms. The summed E-state index contributed by atoms with van der Waals surface area (Å²) in [5.41, 5.74) is 0.246. The number of rotatable bonds is 1. The van der Waals surface area contributed by atoms with Crippen LogP contribution in [0.1, 0.15) is 86.0 Å². The first-order valence-electron chi connectivity index (χ1n) is 11.2. The smallest absolute Gasteiger partial charge is 0.224 e. The van der Waals surface area contributed by atoms with Gasteiger partial charge in [-0.3, -0.25) is 9.59 Å². The van der Waals surface area contributed by atoms with Gasteiger partial charge in [0.1, 0.15) is 0 Å². The van der Waals surface area contributed by atoms with Crippen molar-refractivity contribution >= 4 is 11.8 Å². The number of carbonyl (C=O) groups is 2. The highest BCUT2D eigenvalue weighted by atomic mass is 16.2. The topological polar surface area (TPSA) is 58.2 Å². The molecular weight excluding hydrogens is 336 g/mol. The monoisotopic (exact) mass is 374 g/mol. The Balaban J connectivity index is 1.55. The third-order valence-electron chi connectivity index (χ3n) is 8.91. The predicted molar refractivity (Wildman–Crippen MR) is 107 cm³/mol. The van der Waals surface area contributed by atoms with E-state index in [2.05, 4.69) is 45.3 Å². The third-order valence-corrected chi connectivity index (χ3v) is 8.91. The van der Waals surface area contributed by atoms with Crippen molar-refractivity contribution in [1.82, 2.24) is 10.6 Å². The molecule has 3 saturated carbocycles. The Bertz CT molecular complexity index is 639. The Hall–Kier alpha value is -1.06. The van der Waals surface area contributed by atoms with E-state index in [1.54, 1.807) is 0 Å². The molecule has 7 atom stereocenters. The van der Waals surface area contributed by atoms with Gasteiger partial charge in [0.05, 0.1) is 0 Å². The summed E-state index contributed by atoms with van der Waals surface area (Å²) in [4.78, 5) is 25.0. The maximum absolute atomic E-state index is 13.0. The summed E-state index contributed by atoms with van der Waals surface area (Å²) in [6.07, 6.45) is 8.71. The van der Waals surface area contributed by atoms with Crippen LogP contribution in [0.5, 0.6) is 0 Å². The van der Waals surface area contributed by atoms with Crippen LogP contribution in [0.3, 0.4) is 0 Å². The molecule has 0 radical (unpaired) electrons. The molecule has 1 heterocycles. The van der Waals surface area contributed by atoms with Crippen molar-refractivity contribution in [3.05, 3.63) is 0 Å². The summed E-state index contributed by atoms with van der Waals surface area (Å²) in [6.45, 7) is 11.1. The SMILES string of the molecule is CC(C)(C)NC(=O)[C@H]1CC[C@H]2[C@H]3CC[C@H]4NC(=O)CC[C@]4(C)[C@@H]3CC[C@]12C. The summed E-state index contributed by atoms with van der Waals surface area (Å²) >= 11 is 0. The zero-order valence-corrected chi connectivity index (χ0v) is 17.9. The first-order valence-corrected chi connectivity index (χ1v) is 11.2. The summed E-state index contributed by atoms with van der Waals surface area (Å²) in [7, 11) is 0. The lowest BCUT2D eigenvalue weighted by Crippen LogP contribution is -2.61. The van der Waals surface area contributed by atoms with Crippen LogP contribution in [0.2, 0.25) is 0 Å². The molecule has 1 aliphatic heterocycles. The van der Waals surface area contributed by atoms with E-state index in [4.69, 9.17) is 0 Å². The highest BCUT2D eigenvalue weighted by molar-refractivity contribution is 5.80. The summed E-state index contributed by atoms with van der Waals surface area (Å²) in [6, 6.07) is 0.366. The lowest BCUT2D eigenvalue weighted by Gasteiger charge is -2.60. The van der Waals surface area contributed by atoms with Gasteiger partial charge < -0.3 is 10.6 Å². The minimum atomic E-state index is -0.158. The van der Waals surface area contributed by atoms with Gasteiger partial charge >= 0.3 is 0 Å². The normalized spacial score (nSPS) is 46.7. The zero-order valence-electron chi connectivity index (χ0n) is 17.9. The van der Waals surface area contributed by atoms with Crippen LogP contribution in [0.25, 0.3) is 0 Å². The van der Waals surface area contributed by atoms with E-state index in [9.17, 15) is 9.59 Å². The minimum absolute atomic E-state index is 0.150. The highest BCUT2D eigenvalue weighted by Crippen LogP contribution is 2.65. The van der Waals surface area contributed by atoms with Crippen LogP contribution in [0.15, 0.2) is 0 Å². The Morgan fingerprint density at radius 3 is 2.41 bits per heavy atom. The molecule has 0 unspecified atom stereocenters. The van der Waals surface area contributed by atoms with Gasteiger partial charge in [-0.2, -0.15) is 0 Å². The van der Waals surface area contributed by atoms with Crippen molar-refractivity contribution in [2.45, 2.75) is 97.6 Å². The molecule has 0 aromatic rings. The fraction of sp³-hybridized carbons (Fsp3) is 0.913. The van der Waals surface area contributed by atoms with Crippen molar-refractivity contribution in [2.75, 3.05) is 0 Å². The molecule has 0 aromatic carbocycles. The Morgan fingerprint density at radius 1 is 1.00 bits per heavy atom. The quantitative estimate of drug-likeness (QED) is 0.728. The van der Waals surface area contributed by atoms with Gasteiger partial charge in [-0.25, -0.2) is 0 Å². The minimum Gasteiger partial charge on any atom is -0.353 e. The average Bonchev–Trinajstić information content (AvgIpc) is 2.91. The van der Waals surface area contributed by atoms with E-state index in [0.717, 1.165) is 31.6 Å². The molecule has 27 heavy (non-hydrogen) atoms. The third kappa shape index (κ3) is 3.02. The first kappa shape index (κ1) is 19.3. The molecule has 2 N–H and O–H groups in total. The highest BCUT2D eigenvalue weighted by Gasteiger charge is 2.61. The van der Waals surface area contributed by atoms with Crippen LogP contribution in [0, 0.1) is 34.5 Å². The van der Waals surface area contributed by atoms with Crippen molar-refractivity contribution < 1.29 is 9.59 Å². The number of piperidine rings is 1. The molecular formula is C23H38N2O2. The lowest BCUT2D eigenvalue weighted by atomic mass is 9.47. The molecule has 4 nitrogen and oxygen atoms in total. The van der Waals surface area contributed by atoms with Crippen LogP contribution in [-0.2, 0) is 9.59 Å². The molecule has 4 rings (SSSR count). The first-order chi connectivity index (χ1) is 12.5. The molecule has 4 aliphatic rings. The number of nitrogens with one attached hydrogen (secondary N) is 2. The largest absolute Gasteiger partial charge is 0.353 e. The van der Waals surface area contributed by atoms with E-state index in [0.29, 0.717) is 24.3 Å². The molecule has 3 aliphatic carbocycles. The Labute approximate surface area is 164 Å². The molecule has 4 fully saturated rings. The van der Waals surface area contributed by atoms with Crippen molar-refractivity contribution in [3.8, 4) is 0 Å². The number of amides is 2. The van der Waals surface area contributed by atoms with Crippen LogP contribution in [0.4, 0.5) is 0 Å². The van der Waals surface area contributed by atoms with E-state index < -0.39 is 0 Å². The Morgan fingerprint density at radius 2 is 1.70 bits per heavy atom. The molecule has 152 valence electrons. The summed E-state index contributed by atoms with van der Waals surface area (Å²) < 4.78 is 0. The van der Waals surface area contributed by atoms with Crippen molar-refractivity contribution in [3.63, 3.8) is 0 Å². The lowest BCUT2D eigenvalue weighted by molar-refractivity contribution is -0.142. The standard InChI is InChI=1S/C23H38N2O2/c1-21(2,3)25-20(27)17-8-7-15-14-6-9-18-23(5,13-11-19(26)24-18)16(14)10-12-22(15,17)4/h14-18H,6-13H2,1-5H3,(H,24,26)(H,25,27)/t14-,15+,16-,17-,18-,22+,23-/m1/s1. The number of hydrogen-bond donors (Lipinski definition) is 2. The fourth-order valence-electron chi connectivity index (χ4n) is 7.59. The van der Waals surface area contributed by atoms with E-state index >= 15 is 0 Å². The number of carbonyl (C=O) groups excluding carboxylic acids is 2. The maximum atomic E-state index is 13.0. The molecule has 0 spiro atoms. The average molecular weight is 375 g/mol. The molecule has 2 amide bonds. The van der Waals surface area contributed by atoms with E-state index in [1.807, 2.05) is 0 Å². The number of hydrogen-bond acceptors (Lipinski definition) is 2. The van der Waals surface area contributed by atoms with Gasteiger partial charge in [0.2, 0.25) is 11.8 Å². The fourth-order valence-corrected chi connectivity index (χ4v) is 7.59. The van der Waals surface area contributed by atoms with Gasteiger partial charge in [-0.1, -0.05) is 13.8 Å². The van der Waals surface area contributed by atoms with Crippen LogP contribution in [-0.4, -0.2) is 23.4 Å². The second-order valence-corrected chi connectivity index (χ2v) is 11.5. The summed E-state index contributed by atoms with van der Waals surface area (Å²) in [5.74, 6) is 2.79. The second-order valence-electron chi connectivity index (χ2n) is 11.5. The Kier molecular flexibility index (Phi) is 4.44. The molecule has 1 saturated heterocycles. The number of fused-ring (bicyclic) bond motifs is 5. The van der Waals surface area contributed by atoms with Crippen molar-refractivity contribution in [1.29, 1.82) is 0 Å². The van der Waals surface area contributed by atoms with E-state index in [1.165, 1.54) is 19.3 Å². The van der Waals surface area contributed by atoms with Gasteiger partial charge in [0.15, 0.2) is 0 Å². The van der Waals surface area contributed by atoms with Gasteiger partial charge in [0, 0.05) is 23.9 Å². The van der Waals surface area contributed by atoms with Crippen LogP contribution < -0.4 is 10.6 Å². The predicted octanol–water partition coefficient (Wildman–Crippen LogP) is 4.04. The summed E-state index contributed by atoms with van der Waals surface area (Å²) in [5, 5.41) is 6.57. The zero-order chi connectivity index (χ0) is 19.6.